The number of primary amides is 1. The molecule has 1 aliphatic carbocycles. The van der Waals surface area contributed by atoms with Gasteiger partial charge in [-0.25, -0.2) is 4.79 Å². The number of benzene rings is 1. The standard InChI is InChI=1S/C26H37N3O4/c1-4-6-15-26(14-5-2,20-10-8-7-9-11-20)24(30)33-22-18-19(3)21(22)12-16-27-25(31)28-23-13-17-32-29-23/h7-11,13,17,21-23,29H,3-6,12,14-16,18H2,1-2H3,(H2,27,28,31)/p+1. The molecule has 1 aromatic carbocycles. The van der Waals surface area contributed by atoms with Gasteiger partial charge in [-0.3, -0.25) is 15.4 Å². The molecule has 0 saturated heterocycles. The number of nitrogens with two attached hydrogens (primary N) is 1. The molecule has 4 unspecified atom stereocenters. The molecule has 1 saturated carbocycles. The van der Waals surface area contributed by atoms with E-state index in [1.54, 1.807) is 11.4 Å². The molecule has 0 bridgehead atoms. The number of esters is 1. The van der Waals surface area contributed by atoms with Gasteiger partial charge in [-0.2, -0.15) is 0 Å². The zero-order valence-electron chi connectivity index (χ0n) is 19.8. The zero-order valence-corrected chi connectivity index (χ0v) is 19.8. The van der Waals surface area contributed by atoms with Crippen LogP contribution in [0.3, 0.4) is 0 Å². The van der Waals surface area contributed by atoms with Crippen LogP contribution < -0.4 is 16.1 Å². The molecule has 180 valence electrons. The summed E-state index contributed by atoms with van der Waals surface area (Å²) in [5, 5.41) is 4.42. The Morgan fingerprint density at radius 3 is 2.67 bits per heavy atom. The Morgan fingerprint density at radius 1 is 1.24 bits per heavy atom. The summed E-state index contributed by atoms with van der Waals surface area (Å²) in [5.74, 6) is -0.0283. The number of carbonyl (C=O) groups excluding carboxylic acids is 2. The lowest BCUT2D eigenvalue weighted by atomic mass is 9.72. The highest BCUT2D eigenvalue weighted by molar-refractivity contribution is 5.83. The third-order valence-electron chi connectivity index (χ3n) is 6.69. The largest absolute Gasteiger partial charge is 0.461 e. The minimum Gasteiger partial charge on any atom is -0.461 e. The Morgan fingerprint density at radius 2 is 2.03 bits per heavy atom. The summed E-state index contributed by atoms with van der Waals surface area (Å²) in [6.07, 6.45) is 8.65. The SMILES string of the molecule is C=C1CC(OC(=O)C(CCC)(CCCC)c2ccccc2)C1CC[NH2+]C(=O)NC1C=CON1. The predicted octanol–water partition coefficient (Wildman–Crippen LogP) is 3.44. The molecule has 1 fully saturated rings. The number of hydrogen-bond acceptors (Lipinski definition) is 5. The number of nitrogens with one attached hydrogen (secondary N) is 2. The smallest absolute Gasteiger partial charge is 0.414 e. The van der Waals surface area contributed by atoms with Crippen molar-refractivity contribution in [2.75, 3.05) is 6.54 Å². The summed E-state index contributed by atoms with van der Waals surface area (Å²) >= 11 is 0. The van der Waals surface area contributed by atoms with Crippen molar-refractivity contribution in [1.29, 1.82) is 0 Å². The highest BCUT2D eigenvalue weighted by Crippen LogP contribution is 2.41. The summed E-state index contributed by atoms with van der Waals surface area (Å²) in [5.41, 5.74) is 4.19. The van der Waals surface area contributed by atoms with Crippen LogP contribution in [0.15, 0.2) is 54.8 Å². The van der Waals surface area contributed by atoms with Crippen LogP contribution in [0, 0.1) is 5.92 Å². The second-order valence-electron chi connectivity index (χ2n) is 9.05. The Kier molecular flexibility index (Phi) is 9.09. The van der Waals surface area contributed by atoms with Crippen molar-refractivity contribution >= 4 is 12.0 Å². The van der Waals surface area contributed by atoms with Crippen molar-refractivity contribution in [3.63, 3.8) is 0 Å². The molecule has 33 heavy (non-hydrogen) atoms. The lowest BCUT2D eigenvalue weighted by Gasteiger charge is -2.41. The highest BCUT2D eigenvalue weighted by atomic mass is 16.6. The van der Waals surface area contributed by atoms with E-state index >= 15 is 0 Å². The number of hydrogen-bond donors (Lipinski definition) is 3. The fraction of sp³-hybridized carbons (Fsp3) is 0.538. The van der Waals surface area contributed by atoms with Gasteiger partial charge < -0.3 is 9.57 Å². The summed E-state index contributed by atoms with van der Waals surface area (Å²) in [6, 6.07) is 9.92. The van der Waals surface area contributed by atoms with Gasteiger partial charge in [0.25, 0.3) is 0 Å². The fourth-order valence-electron chi connectivity index (χ4n) is 4.77. The number of hydroxylamine groups is 1. The van der Waals surface area contributed by atoms with Gasteiger partial charge >= 0.3 is 12.0 Å². The number of rotatable bonds is 12. The van der Waals surface area contributed by atoms with Crippen molar-refractivity contribution in [3.8, 4) is 0 Å². The molecular weight excluding hydrogens is 418 g/mol. The molecule has 7 nitrogen and oxygen atoms in total. The number of ether oxygens (including phenoxy) is 1. The first-order valence-electron chi connectivity index (χ1n) is 12.2. The molecule has 4 atom stereocenters. The molecule has 7 heteroatoms. The van der Waals surface area contributed by atoms with Gasteiger partial charge in [-0.05, 0) is 24.5 Å². The van der Waals surface area contributed by atoms with Crippen LogP contribution in [0.5, 0.6) is 0 Å². The van der Waals surface area contributed by atoms with E-state index in [1.807, 2.05) is 18.2 Å². The van der Waals surface area contributed by atoms with Crippen LogP contribution in [0.2, 0.25) is 0 Å². The van der Waals surface area contributed by atoms with E-state index in [-0.39, 0.29) is 30.2 Å². The topological polar surface area (TPSA) is 93.3 Å². The van der Waals surface area contributed by atoms with E-state index in [0.29, 0.717) is 13.0 Å². The van der Waals surface area contributed by atoms with Crippen LogP contribution in [-0.4, -0.2) is 30.8 Å². The number of unbranched alkanes of at least 4 members (excludes halogenated alkanes) is 1. The van der Waals surface area contributed by atoms with E-state index < -0.39 is 5.41 Å². The average molecular weight is 457 g/mol. The molecule has 0 radical (unpaired) electrons. The van der Waals surface area contributed by atoms with Crippen molar-refractivity contribution in [2.45, 2.75) is 76.5 Å². The second-order valence-corrected chi connectivity index (χ2v) is 9.05. The molecule has 0 spiro atoms. The Bertz CT molecular complexity index is 841. The van der Waals surface area contributed by atoms with Crippen LogP contribution in [0.25, 0.3) is 0 Å². The number of amides is 2. The minimum absolute atomic E-state index is 0.0899. The summed E-state index contributed by atoms with van der Waals surface area (Å²) in [7, 11) is 0. The van der Waals surface area contributed by atoms with Gasteiger partial charge in [-0.1, -0.05) is 75.6 Å². The Hall–Kier alpha value is -2.64. The maximum atomic E-state index is 13.6. The van der Waals surface area contributed by atoms with E-state index in [4.69, 9.17) is 9.57 Å². The lowest BCUT2D eigenvalue weighted by molar-refractivity contribution is -0.558. The quantitative estimate of drug-likeness (QED) is 0.331. The van der Waals surface area contributed by atoms with E-state index in [1.165, 1.54) is 6.26 Å². The molecule has 2 aliphatic rings. The monoisotopic (exact) mass is 456 g/mol. The minimum atomic E-state index is -0.608. The molecular formula is C26H38N3O4+. The van der Waals surface area contributed by atoms with E-state index in [0.717, 1.165) is 49.7 Å². The highest BCUT2D eigenvalue weighted by Gasteiger charge is 2.45. The van der Waals surface area contributed by atoms with Crippen molar-refractivity contribution in [3.05, 3.63) is 60.4 Å². The van der Waals surface area contributed by atoms with Crippen LogP contribution in [0.4, 0.5) is 4.79 Å². The third kappa shape index (κ3) is 6.24. The maximum Gasteiger partial charge on any atom is 0.414 e. The summed E-state index contributed by atoms with van der Waals surface area (Å²) in [6.45, 7) is 9.01. The Labute approximate surface area is 196 Å². The maximum absolute atomic E-state index is 13.6. The van der Waals surface area contributed by atoms with Crippen LogP contribution in [-0.2, 0) is 19.8 Å². The van der Waals surface area contributed by atoms with E-state index in [2.05, 4.69) is 43.4 Å². The predicted molar refractivity (Wildman–Crippen MR) is 127 cm³/mol. The van der Waals surface area contributed by atoms with Gasteiger partial charge in [-0.15, -0.1) is 5.48 Å². The van der Waals surface area contributed by atoms with Crippen LogP contribution in [0.1, 0.15) is 64.4 Å². The molecule has 2 amide bonds. The third-order valence-corrected chi connectivity index (χ3v) is 6.69. The number of carbonyl (C=O) groups is 2. The van der Waals surface area contributed by atoms with E-state index in [9.17, 15) is 9.59 Å². The molecule has 4 N–H and O–H groups in total. The van der Waals surface area contributed by atoms with Crippen molar-refractivity contribution in [1.82, 2.24) is 10.8 Å². The van der Waals surface area contributed by atoms with Crippen molar-refractivity contribution < 1.29 is 24.5 Å². The van der Waals surface area contributed by atoms with Gasteiger partial charge in [0.05, 0.1) is 12.0 Å². The first-order chi connectivity index (χ1) is 16.0. The zero-order chi connectivity index (χ0) is 23.7. The first kappa shape index (κ1) is 25.0. The number of quaternary nitrogens is 1. The van der Waals surface area contributed by atoms with Gasteiger partial charge in [0, 0.05) is 18.8 Å². The fourth-order valence-corrected chi connectivity index (χ4v) is 4.77. The molecule has 1 aliphatic heterocycles. The Balaban J connectivity index is 1.59. The summed E-state index contributed by atoms with van der Waals surface area (Å²) < 4.78 is 6.15. The molecule has 3 rings (SSSR count). The number of urea groups is 1. The first-order valence-corrected chi connectivity index (χ1v) is 12.2. The molecule has 1 heterocycles. The van der Waals surface area contributed by atoms with Crippen molar-refractivity contribution in [2.24, 2.45) is 5.92 Å². The molecule has 1 aromatic rings. The normalized spacial score (nSPS) is 23.3. The van der Waals surface area contributed by atoms with Gasteiger partial charge in [0.1, 0.15) is 18.5 Å². The van der Waals surface area contributed by atoms with Gasteiger partial charge in [0.2, 0.25) is 0 Å². The summed E-state index contributed by atoms with van der Waals surface area (Å²) in [4.78, 5) is 30.6. The van der Waals surface area contributed by atoms with Gasteiger partial charge in [0.15, 0.2) is 0 Å². The molecule has 0 aromatic heterocycles. The van der Waals surface area contributed by atoms with Crippen LogP contribution >= 0.6 is 0 Å². The average Bonchev–Trinajstić information content (AvgIpc) is 3.32. The lowest BCUT2D eigenvalue weighted by Crippen LogP contribution is -2.91. The second kappa shape index (κ2) is 12.0.